The van der Waals surface area contributed by atoms with Gasteiger partial charge in [0.05, 0.1) is 22.4 Å². The van der Waals surface area contributed by atoms with Gasteiger partial charge in [-0.1, -0.05) is 285 Å². The molecule has 0 unspecified atom stereocenters. The molecule has 1 heterocycles. The predicted molar refractivity (Wildman–Crippen MR) is 412 cm³/mol. The first-order chi connectivity index (χ1) is 44.0. The van der Waals surface area contributed by atoms with Crippen LogP contribution in [0.1, 0.15) is 184 Å². The standard InChI is InChI=1S/C92H98N2/c1-86(2,3)67-32-22-57(23-33-67)62-46-63(49-70(48-62)89(10,11)12)58-24-36-74(37-25-58)93(75-38-26-59(27-39-75)64-47-65(51-71(50-64)90(13,14)15)66-52-72(91(16,17)18)54-73(53-66)92(19,20)21)80-42-30-60-29-41-77-81(43-31-61-28-40-76(80)84(60)85(61)77)94-82-44-34-68(87(4,5)6)55-78(82)79-56-69(88(7,8)9)35-45-83(79)94/h22-56H,1-21H3. The highest BCUT2D eigenvalue weighted by atomic mass is 15.1. The molecule has 476 valence electrons. The lowest BCUT2D eigenvalue weighted by atomic mass is 9.78. The van der Waals surface area contributed by atoms with Crippen molar-refractivity contribution in [1.29, 1.82) is 0 Å². The van der Waals surface area contributed by atoms with Gasteiger partial charge < -0.3 is 9.47 Å². The second-order valence-corrected chi connectivity index (χ2v) is 34.5. The first kappa shape index (κ1) is 64.0. The molecule has 0 atom stereocenters. The molecular weight excluding hydrogens is 1130 g/mol. The van der Waals surface area contributed by atoms with Crippen molar-refractivity contribution in [1.82, 2.24) is 4.57 Å². The van der Waals surface area contributed by atoms with Gasteiger partial charge >= 0.3 is 0 Å². The molecule has 0 aliphatic heterocycles. The Balaban J connectivity index is 0.992. The first-order valence-electron chi connectivity index (χ1n) is 34.4. The number of hydrogen-bond donors (Lipinski definition) is 0. The summed E-state index contributed by atoms with van der Waals surface area (Å²) < 4.78 is 2.54. The Morgan fingerprint density at radius 2 is 0.532 bits per heavy atom. The largest absolute Gasteiger partial charge is 0.310 e. The van der Waals surface area contributed by atoms with E-state index < -0.39 is 0 Å². The topological polar surface area (TPSA) is 8.17 Å². The van der Waals surface area contributed by atoms with Crippen molar-refractivity contribution in [2.24, 2.45) is 0 Å². The third-order valence-corrected chi connectivity index (χ3v) is 20.2. The quantitative estimate of drug-likeness (QED) is 0.138. The van der Waals surface area contributed by atoms with Crippen LogP contribution in [0.3, 0.4) is 0 Å². The van der Waals surface area contributed by atoms with Crippen LogP contribution in [0.2, 0.25) is 0 Å². The van der Waals surface area contributed by atoms with Crippen LogP contribution in [-0.2, 0) is 37.9 Å². The highest BCUT2D eigenvalue weighted by molar-refractivity contribution is 6.27. The van der Waals surface area contributed by atoms with E-state index in [-0.39, 0.29) is 37.9 Å². The van der Waals surface area contributed by atoms with E-state index in [0.29, 0.717) is 0 Å². The van der Waals surface area contributed by atoms with Gasteiger partial charge in [-0.25, -0.2) is 0 Å². The fourth-order valence-electron chi connectivity index (χ4n) is 14.0. The number of benzene rings is 12. The summed E-state index contributed by atoms with van der Waals surface area (Å²) in [6.45, 7) is 48.8. The minimum Gasteiger partial charge on any atom is -0.310 e. The van der Waals surface area contributed by atoms with Gasteiger partial charge in [-0.3, -0.25) is 0 Å². The van der Waals surface area contributed by atoms with E-state index in [2.05, 4.69) is 367 Å². The average molecular weight is 1230 g/mol. The number of anilines is 3. The lowest BCUT2D eigenvalue weighted by molar-refractivity contribution is 0.569. The summed E-state index contributed by atoms with van der Waals surface area (Å²) in [6.07, 6.45) is 0. The molecule has 13 rings (SSSR count). The van der Waals surface area contributed by atoms with Crippen LogP contribution in [0.25, 0.3) is 104 Å². The number of fused-ring (bicyclic) bond motifs is 3. The number of nitrogens with zero attached hydrogens (tertiary/aromatic N) is 2. The van der Waals surface area contributed by atoms with Crippen molar-refractivity contribution in [2.75, 3.05) is 4.90 Å². The van der Waals surface area contributed by atoms with Gasteiger partial charge in [0.15, 0.2) is 0 Å². The molecule has 2 heteroatoms. The summed E-state index contributed by atoms with van der Waals surface area (Å²) >= 11 is 0. The minimum atomic E-state index is -0.0684. The van der Waals surface area contributed by atoms with Crippen LogP contribution in [0.15, 0.2) is 212 Å². The zero-order valence-electron chi connectivity index (χ0n) is 60.1. The maximum absolute atomic E-state index is 2.54. The molecule has 0 bridgehead atoms. The zero-order chi connectivity index (χ0) is 67.1. The van der Waals surface area contributed by atoms with Gasteiger partial charge in [-0.15, -0.1) is 0 Å². The molecule has 0 fully saturated rings. The fraction of sp³-hybridized carbons (Fsp3) is 0.304. The maximum Gasteiger partial charge on any atom is 0.0541 e. The maximum atomic E-state index is 2.54. The van der Waals surface area contributed by atoms with Crippen LogP contribution < -0.4 is 4.90 Å². The fourth-order valence-corrected chi connectivity index (χ4v) is 14.0. The van der Waals surface area contributed by atoms with Crippen LogP contribution in [0.4, 0.5) is 17.1 Å². The lowest BCUT2D eigenvalue weighted by Gasteiger charge is -2.28. The van der Waals surface area contributed by atoms with Crippen molar-refractivity contribution in [3.8, 4) is 50.2 Å². The Hall–Kier alpha value is -8.72. The molecular formula is C92H98N2. The highest BCUT2D eigenvalue weighted by Gasteiger charge is 2.28. The second-order valence-electron chi connectivity index (χ2n) is 34.5. The Kier molecular flexibility index (Phi) is 15.3. The summed E-state index contributed by atoms with van der Waals surface area (Å²) in [5, 5.41) is 10.1. The summed E-state index contributed by atoms with van der Waals surface area (Å²) in [6, 6.07) is 83.0. The number of hydrogen-bond acceptors (Lipinski definition) is 1. The molecule has 13 aromatic rings. The average Bonchev–Trinajstić information content (AvgIpc) is 1.31. The van der Waals surface area contributed by atoms with Gasteiger partial charge in [0, 0.05) is 32.9 Å². The highest BCUT2D eigenvalue weighted by Crippen LogP contribution is 2.48. The normalized spacial score (nSPS) is 13.2. The third-order valence-electron chi connectivity index (χ3n) is 20.2. The minimum absolute atomic E-state index is 0.00185. The van der Waals surface area contributed by atoms with Crippen molar-refractivity contribution in [2.45, 2.75) is 183 Å². The van der Waals surface area contributed by atoms with Gasteiger partial charge in [0.2, 0.25) is 0 Å². The number of rotatable bonds is 8. The third kappa shape index (κ3) is 11.9. The van der Waals surface area contributed by atoms with E-state index in [1.54, 1.807) is 0 Å². The zero-order valence-corrected chi connectivity index (χ0v) is 60.1. The molecule has 0 saturated carbocycles. The molecule has 0 aliphatic carbocycles. The molecule has 0 N–H and O–H groups in total. The molecule has 0 spiro atoms. The Labute approximate surface area is 562 Å². The lowest BCUT2D eigenvalue weighted by Crippen LogP contribution is -2.16. The van der Waals surface area contributed by atoms with E-state index in [0.717, 1.165) is 17.1 Å². The molecule has 2 nitrogen and oxygen atoms in total. The van der Waals surface area contributed by atoms with Crippen LogP contribution >= 0.6 is 0 Å². The van der Waals surface area contributed by atoms with Crippen LogP contribution in [0.5, 0.6) is 0 Å². The van der Waals surface area contributed by atoms with Crippen LogP contribution in [0, 0.1) is 0 Å². The Morgan fingerprint density at radius 1 is 0.223 bits per heavy atom. The SMILES string of the molecule is CC(C)(C)c1ccc(-c2cc(-c3ccc(N(c4ccc(-c5cc(-c6cc(C(C)(C)C)cc(C(C)(C)C)c6)cc(C(C)(C)C)c5)cc4)c4ccc5ccc6c(-n7c8ccc(C(C)(C)C)cc8c8cc(C(C)(C)C)ccc87)ccc7ccc4c5c76)cc3)cc(C(C)(C)C)c2)cc1. The Bertz CT molecular complexity index is 4950. The van der Waals surface area contributed by atoms with E-state index in [1.807, 2.05) is 0 Å². The predicted octanol–water partition coefficient (Wildman–Crippen LogP) is 26.9. The summed E-state index contributed by atoms with van der Waals surface area (Å²) in [5.41, 5.74) is 26.1. The first-order valence-corrected chi connectivity index (χ1v) is 34.4. The smallest absolute Gasteiger partial charge is 0.0541 e. The van der Waals surface area contributed by atoms with Gasteiger partial charge in [-0.05, 0) is 216 Å². The Morgan fingerprint density at radius 3 is 0.926 bits per heavy atom. The molecule has 0 saturated heterocycles. The molecule has 0 amide bonds. The monoisotopic (exact) mass is 1230 g/mol. The van der Waals surface area contributed by atoms with Crippen molar-refractivity contribution in [3.63, 3.8) is 0 Å². The van der Waals surface area contributed by atoms with E-state index in [9.17, 15) is 0 Å². The van der Waals surface area contributed by atoms with Crippen molar-refractivity contribution < 1.29 is 0 Å². The summed E-state index contributed by atoms with van der Waals surface area (Å²) in [7, 11) is 0. The molecule has 1 aromatic heterocycles. The summed E-state index contributed by atoms with van der Waals surface area (Å²) in [5.74, 6) is 0. The summed E-state index contributed by atoms with van der Waals surface area (Å²) in [4.78, 5) is 2.50. The van der Waals surface area contributed by atoms with Crippen LogP contribution in [-0.4, -0.2) is 4.57 Å². The van der Waals surface area contributed by atoms with Gasteiger partial charge in [-0.2, -0.15) is 0 Å². The van der Waals surface area contributed by atoms with Crippen molar-refractivity contribution >= 4 is 71.2 Å². The van der Waals surface area contributed by atoms with E-state index in [4.69, 9.17) is 0 Å². The van der Waals surface area contributed by atoms with Gasteiger partial charge in [0.25, 0.3) is 0 Å². The molecule has 94 heavy (non-hydrogen) atoms. The molecule has 0 radical (unpaired) electrons. The number of aromatic nitrogens is 1. The van der Waals surface area contributed by atoms with Crippen molar-refractivity contribution in [3.05, 3.63) is 251 Å². The molecule has 12 aromatic carbocycles. The van der Waals surface area contributed by atoms with E-state index >= 15 is 0 Å². The molecule has 0 aliphatic rings. The second kappa shape index (κ2) is 22.5. The van der Waals surface area contributed by atoms with E-state index in [1.165, 1.54) is 143 Å². The van der Waals surface area contributed by atoms with Gasteiger partial charge in [0.1, 0.15) is 0 Å².